The molecule has 1 N–H and O–H groups in total. The number of carbonyl (C=O) groups is 1. The number of rotatable bonds is 5. The van der Waals surface area contributed by atoms with Crippen molar-refractivity contribution in [2.24, 2.45) is 5.10 Å². The molecule has 0 spiro atoms. The second-order valence-electron chi connectivity index (χ2n) is 6.56. The van der Waals surface area contributed by atoms with Crippen LogP contribution in [0.1, 0.15) is 32.7 Å². The van der Waals surface area contributed by atoms with Gasteiger partial charge < -0.3 is 0 Å². The number of nitrogens with zero attached hydrogens (tertiary/aromatic N) is 5. The van der Waals surface area contributed by atoms with Crippen molar-refractivity contribution < 1.29 is 9.72 Å². The largest absolute Gasteiger partial charge is 0.292 e. The predicted molar refractivity (Wildman–Crippen MR) is 112 cm³/mol. The molecule has 0 aliphatic carbocycles. The Labute approximate surface area is 176 Å². The molecule has 0 saturated heterocycles. The van der Waals surface area contributed by atoms with E-state index >= 15 is 0 Å². The topological polar surface area (TPSA) is 143 Å². The molecule has 1 aromatic heterocycles. The third kappa shape index (κ3) is 4.51. The second kappa shape index (κ2) is 8.79. The van der Waals surface area contributed by atoms with Crippen LogP contribution in [-0.2, 0) is 0 Å². The molecule has 0 atom stereocenters. The second-order valence-corrected chi connectivity index (χ2v) is 6.56. The lowest BCUT2D eigenvalue weighted by Gasteiger charge is -2.10. The van der Waals surface area contributed by atoms with Gasteiger partial charge in [-0.15, -0.1) is 0 Å². The number of amides is 1. The lowest BCUT2D eigenvalue weighted by Crippen LogP contribution is -2.31. The monoisotopic (exact) mass is 416 g/mol. The lowest BCUT2D eigenvalue weighted by atomic mass is 10.1. The standard InChI is InChI=1S/C21H16N6O4/c1-13-6-8-16(9-7-13)26-21(29)18(11-22)14(2)19(25-26)20(28)24-23-12-15-4-3-5-17(10-15)27(30)31/h3-10,12H,1-2H3,(H,24,28)/b23-12+. The molecular weight excluding hydrogens is 400 g/mol. The van der Waals surface area contributed by atoms with Gasteiger partial charge in [0.1, 0.15) is 11.6 Å². The first-order chi connectivity index (χ1) is 14.8. The van der Waals surface area contributed by atoms with Gasteiger partial charge in [-0.05, 0) is 26.0 Å². The number of aromatic nitrogens is 2. The van der Waals surface area contributed by atoms with Crippen LogP contribution in [0.25, 0.3) is 5.69 Å². The van der Waals surface area contributed by atoms with E-state index in [4.69, 9.17) is 0 Å². The molecule has 2 aromatic carbocycles. The van der Waals surface area contributed by atoms with Gasteiger partial charge in [-0.3, -0.25) is 19.7 Å². The van der Waals surface area contributed by atoms with Crippen molar-refractivity contribution in [2.75, 3.05) is 0 Å². The summed E-state index contributed by atoms with van der Waals surface area (Å²) >= 11 is 0. The highest BCUT2D eigenvalue weighted by atomic mass is 16.6. The number of nitro groups is 1. The molecule has 3 aromatic rings. The van der Waals surface area contributed by atoms with E-state index in [1.807, 2.05) is 13.0 Å². The first-order valence-corrected chi connectivity index (χ1v) is 9.00. The Morgan fingerprint density at radius 1 is 1.26 bits per heavy atom. The Hall–Kier alpha value is -4.65. The van der Waals surface area contributed by atoms with E-state index in [-0.39, 0.29) is 22.5 Å². The van der Waals surface area contributed by atoms with E-state index in [0.29, 0.717) is 11.3 Å². The number of hydrogen-bond donors (Lipinski definition) is 1. The van der Waals surface area contributed by atoms with E-state index < -0.39 is 16.4 Å². The molecule has 3 rings (SSSR count). The molecular formula is C21H16N6O4. The zero-order chi connectivity index (χ0) is 22.5. The van der Waals surface area contributed by atoms with Gasteiger partial charge in [-0.2, -0.15) is 20.1 Å². The third-order valence-corrected chi connectivity index (χ3v) is 4.40. The van der Waals surface area contributed by atoms with Crippen molar-refractivity contribution >= 4 is 17.8 Å². The van der Waals surface area contributed by atoms with E-state index in [0.717, 1.165) is 10.2 Å². The number of nitro benzene ring substituents is 1. The van der Waals surface area contributed by atoms with Crippen LogP contribution in [-0.4, -0.2) is 26.8 Å². The van der Waals surface area contributed by atoms with Crippen LogP contribution in [0, 0.1) is 35.3 Å². The molecule has 10 nitrogen and oxygen atoms in total. The van der Waals surface area contributed by atoms with Crippen LogP contribution < -0.4 is 11.0 Å². The molecule has 0 bridgehead atoms. The normalized spacial score (nSPS) is 10.6. The minimum atomic E-state index is -0.739. The highest BCUT2D eigenvalue weighted by Crippen LogP contribution is 2.13. The Bertz CT molecular complexity index is 1300. The highest BCUT2D eigenvalue weighted by Gasteiger charge is 2.20. The SMILES string of the molecule is Cc1ccc(-n2nc(C(=O)N/N=C/c3cccc([N+](=O)[O-])c3)c(C)c(C#N)c2=O)cc1. The van der Waals surface area contributed by atoms with Crippen molar-refractivity contribution in [1.82, 2.24) is 15.2 Å². The summed E-state index contributed by atoms with van der Waals surface area (Å²) < 4.78 is 0.990. The molecule has 0 saturated carbocycles. The molecule has 31 heavy (non-hydrogen) atoms. The van der Waals surface area contributed by atoms with Crippen molar-refractivity contribution in [3.05, 3.63) is 96.9 Å². The van der Waals surface area contributed by atoms with Gasteiger partial charge in [0.15, 0.2) is 5.69 Å². The smallest absolute Gasteiger partial charge is 0.266 e. The minimum Gasteiger partial charge on any atom is -0.266 e. The fourth-order valence-electron chi connectivity index (χ4n) is 2.75. The van der Waals surface area contributed by atoms with Gasteiger partial charge in [-0.25, -0.2) is 5.43 Å². The Morgan fingerprint density at radius 2 is 1.97 bits per heavy atom. The number of hydrazone groups is 1. The fourth-order valence-corrected chi connectivity index (χ4v) is 2.75. The Kier molecular flexibility index (Phi) is 5.97. The van der Waals surface area contributed by atoms with Crippen LogP contribution in [0.3, 0.4) is 0 Å². The van der Waals surface area contributed by atoms with Gasteiger partial charge >= 0.3 is 0 Å². The van der Waals surface area contributed by atoms with Crippen molar-refractivity contribution in [3.63, 3.8) is 0 Å². The molecule has 0 unspecified atom stereocenters. The molecule has 1 heterocycles. The van der Waals surface area contributed by atoms with Crippen LogP contribution >= 0.6 is 0 Å². The van der Waals surface area contributed by atoms with E-state index in [1.165, 1.54) is 31.3 Å². The Balaban J connectivity index is 1.93. The van der Waals surface area contributed by atoms with Crippen LogP contribution in [0.4, 0.5) is 5.69 Å². The average molecular weight is 416 g/mol. The molecule has 0 fully saturated rings. The highest BCUT2D eigenvalue weighted by molar-refractivity contribution is 5.94. The summed E-state index contributed by atoms with van der Waals surface area (Å²) in [6.45, 7) is 3.33. The van der Waals surface area contributed by atoms with Crippen LogP contribution in [0.2, 0.25) is 0 Å². The predicted octanol–water partition coefficient (Wildman–Crippen LogP) is 2.39. The number of hydrogen-bond acceptors (Lipinski definition) is 7. The van der Waals surface area contributed by atoms with Crippen molar-refractivity contribution in [2.45, 2.75) is 13.8 Å². The third-order valence-electron chi connectivity index (χ3n) is 4.40. The molecule has 1 amide bonds. The lowest BCUT2D eigenvalue weighted by molar-refractivity contribution is -0.384. The Morgan fingerprint density at radius 3 is 2.61 bits per heavy atom. The number of nitriles is 1. The zero-order valence-electron chi connectivity index (χ0n) is 16.6. The summed E-state index contributed by atoms with van der Waals surface area (Å²) in [5.74, 6) is -0.739. The summed E-state index contributed by atoms with van der Waals surface area (Å²) in [6, 6.07) is 14.4. The number of carbonyl (C=O) groups excluding carboxylic acids is 1. The average Bonchev–Trinajstić information content (AvgIpc) is 2.75. The van der Waals surface area contributed by atoms with Gasteiger partial charge in [0, 0.05) is 23.3 Å². The van der Waals surface area contributed by atoms with Gasteiger partial charge in [0.2, 0.25) is 0 Å². The maximum Gasteiger partial charge on any atom is 0.292 e. The van der Waals surface area contributed by atoms with E-state index in [9.17, 15) is 25.0 Å². The quantitative estimate of drug-likeness (QED) is 0.384. The summed E-state index contributed by atoms with van der Waals surface area (Å²) in [5.41, 5.74) is 3.07. The number of aryl methyl sites for hydroxylation is 1. The summed E-state index contributed by atoms with van der Waals surface area (Å²) in [4.78, 5) is 35.6. The van der Waals surface area contributed by atoms with Crippen molar-refractivity contribution in [1.29, 1.82) is 5.26 Å². The van der Waals surface area contributed by atoms with Crippen LogP contribution in [0.5, 0.6) is 0 Å². The molecule has 0 aliphatic rings. The van der Waals surface area contributed by atoms with Gasteiger partial charge in [0.05, 0.1) is 16.8 Å². The van der Waals surface area contributed by atoms with E-state index in [1.54, 1.807) is 30.3 Å². The molecule has 154 valence electrons. The minimum absolute atomic E-state index is 0.114. The molecule has 0 aliphatic heterocycles. The maximum absolute atomic E-state index is 12.6. The summed E-state index contributed by atoms with van der Waals surface area (Å²) in [6.07, 6.45) is 1.24. The summed E-state index contributed by atoms with van der Waals surface area (Å²) in [5, 5.41) is 28.2. The maximum atomic E-state index is 12.6. The fraction of sp³-hybridized carbons (Fsp3) is 0.0952. The van der Waals surface area contributed by atoms with Gasteiger partial charge in [-0.1, -0.05) is 29.8 Å². The molecule has 10 heteroatoms. The van der Waals surface area contributed by atoms with Crippen LogP contribution in [0.15, 0.2) is 58.4 Å². The summed E-state index contributed by atoms with van der Waals surface area (Å²) in [7, 11) is 0. The first-order valence-electron chi connectivity index (χ1n) is 9.00. The number of nitrogens with one attached hydrogen (secondary N) is 1. The van der Waals surface area contributed by atoms with Crippen molar-refractivity contribution in [3.8, 4) is 11.8 Å². The zero-order valence-corrected chi connectivity index (χ0v) is 16.6. The van der Waals surface area contributed by atoms with Gasteiger partial charge in [0.25, 0.3) is 17.2 Å². The number of non-ortho nitro benzene ring substituents is 1. The molecule has 0 radical (unpaired) electrons. The number of benzene rings is 2. The van der Waals surface area contributed by atoms with E-state index in [2.05, 4.69) is 15.6 Å². The first kappa shape index (κ1) is 21.1.